The molecule has 1 aliphatic carbocycles. The number of rotatable bonds is 2. The third kappa shape index (κ3) is 2.48. The van der Waals surface area contributed by atoms with Gasteiger partial charge in [-0.15, -0.1) is 0 Å². The minimum absolute atomic E-state index is 0.0735. The molecule has 1 saturated heterocycles. The van der Waals surface area contributed by atoms with Gasteiger partial charge in [0.1, 0.15) is 0 Å². The van der Waals surface area contributed by atoms with Crippen molar-refractivity contribution in [2.45, 2.75) is 63.5 Å². The summed E-state index contributed by atoms with van der Waals surface area (Å²) in [5.41, 5.74) is 0. The van der Waals surface area contributed by atoms with Crippen molar-refractivity contribution in [2.24, 2.45) is 5.92 Å². The highest BCUT2D eigenvalue weighted by atomic mass is 16.3. The lowest BCUT2D eigenvalue weighted by molar-refractivity contribution is 0.0414. The summed E-state index contributed by atoms with van der Waals surface area (Å²) in [5.74, 6) is 0.583. The molecule has 2 aliphatic rings. The van der Waals surface area contributed by atoms with Crippen LogP contribution >= 0.6 is 0 Å². The topological polar surface area (TPSA) is 32.3 Å². The molecule has 1 saturated carbocycles. The summed E-state index contributed by atoms with van der Waals surface area (Å²) in [5, 5.41) is 13.7. The Morgan fingerprint density at radius 2 is 1.64 bits per heavy atom. The molecule has 2 nitrogen and oxygen atoms in total. The number of hydrogen-bond acceptors (Lipinski definition) is 2. The maximum absolute atomic E-state index is 10.2. The highest BCUT2D eigenvalue weighted by Gasteiger charge is 2.29. The highest BCUT2D eigenvalue weighted by molar-refractivity contribution is 4.85. The standard InChI is InChI=1S/C12H23NO/c14-12(10-6-2-1-3-7-10)11-8-4-5-9-13-11/h10-14H,1-9H2/t11-,12-/m0/s1. The molecular formula is C12H23NO. The maximum Gasteiger partial charge on any atom is 0.0721 e. The quantitative estimate of drug-likeness (QED) is 0.710. The molecule has 0 aromatic carbocycles. The lowest BCUT2D eigenvalue weighted by Gasteiger charge is -2.34. The van der Waals surface area contributed by atoms with Crippen LogP contribution in [0.5, 0.6) is 0 Å². The number of hydrogen-bond donors (Lipinski definition) is 2. The molecule has 0 spiro atoms. The molecule has 14 heavy (non-hydrogen) atoms. The normalized spacial score (nSPS) is 32.8. The fraction of sp³-hybridized carbons (Fsp3) is 1.00. The van der Waals surface area contributed by atoms with Crippen LogP contribution in [0.15, 0.2) is 0 Å². The monoisotopic (exact) mass is 197 g/mol. The SMILES string of the molecule is O[C@@H](C1CCCCC1)[C@@H]1CCCCN1. The summed E-state index contributed by atoms with van der Waals surface area (Å²) >= 11 is 0. The van der Waals surface area contributed by atoms with Crippen molar-refractivity contribution < 1.29 is 5.11 Å². The molecule has 82 valence electrons. The lowest BCUT2D eigenvalue weighted by Crippen LogP contribution is -2.46. The average Bonchev–Trinajstić information content (AvgIpc) is 2.30. The van der Waals surface area contributed by atoms with Crippen LogP contribution in [0.3, 0.4) is 0 Å². The van der Waals surface area contributed by atoms with Gasteiger partial charge in [-0.3, -0.25) is 0 Å². The van der Waals surface area contributed by atoms with E-state index in [1.165, 1.54) is 51.4 Å². The minimum Gasteiger partial charge on any atom is -0.391 e. The van der Waals surface area contributed by atoms with Crippen molar-refractivity contribution in [3.63, 3.8) is 0 Å². The molecular weight excluding hydrogens is 174 g/mol. The molecule has 2 heteroatoms. The van der Waals surface area contributed by atoms with Crippen LogP contribution in [0.2, 0.25) is 0 Å². The van der Waals surface area contributed by atoms with Crippen LogP contribution in [0.25, 0.3) is 0 Å². The second-order valence-corrected chi connectivity index (χ2v) is 4.95. The highest BCUT2D eigenvalue weighted by Crippen LogP contribution is 2.29. The van der Waals surface area contributed by atoms with Crippen molar-refractivity contribution in [1.29, 1.82) is 0 Å². The molecule has 0 aromatic rings. The fourth-order valence-corrected chi connectivity index (χ4v) is 2.97. The van der Waals surface area contributed by atoms with Crippen LogP contribution in [0.1, 0.15) is 51.4 Å². The van der Waals surface area contributed by atoms with Gasteiger partial charge >= 0.3 is 0 Å². The van der Waals surface area contributed by atoms with E-state index in [2.05, 4.69) is 5.32 Å². The van der Waals surface area contributed by atoms with E-state index in [0.717, 1.165) is 6.54 Å². The Morgan fingerprint density at radius 3 is 2.29 bits per heavy atom. The Morgan fingerprint density at radius 1 is 0.929 bits per heavy atom. The Kier molecular flexibility index (Phi) is 3.82. The van der Waals surface area contributed by atoms with Gasteiger partial charge in [0.25, 0.3) is 0 Å². The van der Waals surface area contributed by atoms with E-state index in [-0.39, 0.29) is 6.10 Å². The first-order valence-corrected chi connectivity index (χ1v) is 6.29. The zero-order valence-electron chi connectivity index (χ0n) is 9.04. The van der Waals surface area contributed by atoms with Gasteiger partial charge in [0.05, 0.1) is 6.10 Å². The van der Waals surface area contributed by atoms with Crippen LogP contribution in [0.4, 0.5) is 0 Å². The molecule has 0 radical (unpaired) electrons. The van der Waals surface area contributed by atoms with E-state index in [9.17, 15) is 5.11 Å². The van der Waals surface area contributed by atoms with Gasteiger partial charge in [-0.05, 0) is 38.1 Å². The molecule has 0 unspecified atom stereocenters. The second-order valence-electron chi connectivity index (χ2n) is 4.95. The Labute approximate surface area is 87.1 Å². The first-order chi connectivity index (χ1) is 6.88. The Hall–Kier alpha value is -0.0800. The molecule has 1 heterocycles. The first-order valence-electron chi connectivity index (χ1n) is 6.29. The Balaban J connectivity index is 1.82. The van der Waals surface area contributed by atoms with E-state index < -0.39 is 0 Å². The predicted molar refractivity (Wildman–Crippen MR) is 58.2 cm³/mol. The van der Waals surface area contributed by atoms with E-state index in [1.54, 1.807) is 0 Å². The number of aliphatic hydroxyl groups excluding tert-OH is 1. The first kappa shape index (κ1) is 10.4. The largest absolute Gasteiger partial charge is 0.391 e. The molecule has 0 aromatic heterocycles. The van der Waals surface area contributed by atoms with E-state index in [4.69, 9.17) is 0 Å². The minimum atomic E-state index is -0.0735. The molecule has 2 rings (SSSR count). The molecule has 0 bridgehead atoms. The molecule has 0 amide bonds. The van der Waals surface area contributed by atoms with Crippen molar-refractivity contribution >= 4 is 0 Å². The summed E-state index contributed by atoms with van der Waals surface area (Å²) < 4.78 is 0. The van der Waals surface area contributed by atoms with E-state index in [0.29, 0.717) is 12.0 Å². The van der Waals surface area contributed by atoms with Crippen molar-refractivity contribution in [3.8, 4) is 0 Å². The number of piperidine rings is 1. The smallest absolute Gasteiger partial charge is 0.0721 e. The van der Waals surface area contributed by atoms with Gasteiger partial charge in [-0.2, -0.15) is 0 Å². The predicted octanol–water partition coefficient (Wildman–Crippen LogP) is 2.07. The third-order valence-corrected chi connectivity index (χ3v) is 3.89. The summed E-state index contributed by atoms with van der Waals surface area (Å²) in [6.07, 6.45) is 10.2. The summed E-state index contributed by atoms with van der Waals surface area (Å²) in [6, 6.07) is 0.395. The van der Waals surface area contributed by atoms with E-state index >= 15 is 0 Å². The summed E-state index contributed by atoms with van der Waals surface area (Å²) in [7, 11) is 0. The van der Waals surface area contributed by atoms with Gasteiger partial charge < -0.3 is 10.4 Å². The summed E-state index contributed by atoms with van der Waals surface area (Å²) in [4.78, 5) is 0. The fourth-order valence-electron chi connectivity index (χ4n) is 2.97. The molecule has 2 N–H and O–H groups in total. The van der Waals surface area contributed by atoms with Gasteiger partial charge in [0.2, 0.25) is 0 Å². The van der Waals surface area contributed by atoms with Gasteiger partial charge in [0.15, 0.2) is 0 Å². The molecule has 2 fully saturated rings. The summed E-state index contributed by atoms with van der Waals surface area (Å²) in [6.45, 7) is 1.11. The number of nitrogens with one attached hydrogen (secondary N) is 1. The van der Waals surface area contributed by atoms with Crippen molar-refractivity contribution in [1.82, 2.24) is 5.32 Å². The van der Waals surface area contributed by atoms with Crippen LogP contribution < -0.4 is 5.32 Å². The lowest BCUT2D eigenvalue weighted by atomic mass is 9.81. The van der Waals surface area contributed by atoms with E-state index in [1.807, 2.05) is 0 Å². The van der Waals surface area contributed by atoms with Crippen molar-refractivity contribution in [2.75, 3.05) is 6.54 Å². The average molecular weight is 197 g/mol. The Bertz CT molecular complexity index is 142. The third-order valence-electron chi connectivity index (χ3n) is 3.89. The van der Waals surface area contributed by atoms with Crippen LogP contribution in [-0.4, -0.2) is 23.8 Å². The van der Waals surface area contributed by atoms with Gasteiger partial charge in [0, 0.05) is 6.04 Å². The van der Waals surface area contributed by atoms with Crippen LogP contribution in [-0.2, 0) is 0 Å². The molecule has 1 aliphatic heterocycles. The van der Waals surface area contributed by atoms with Gasteiger partial charge in [-0.25, -0.2) is 0 Å². The van der Waals surface area contributed by atoms with Crippen LogP contribution in [0, 0.1) is 5.92 Å². The molecule has 2 atom stereocenters. The number of aliphatic hydroxyl groups is 1. The van der Waals surface area contributed by atoms with Crippen molar-refractivity contribution in [3.05, 3.63) is 0 Å². The second kappa shape index (κ2) is 5.13. The van der Waals surface area contributed by atoms with Gasteiger partial charge in [-0.1, -0.05) is 25.7 Å². The zero-order chi connectivity index (χ0) is 9.80. The maximum atomic E-state index is 10.2. The zero-order valence-corrected chi connectivity index (χ0v) is 9.04.